The number of ether oxygens (including phenoxy) is 1. The highest BCUT2D eigenvalue weighted by molar-refractivity contribution is 8.13. The third kappa shape index (κ3) is 8.04. The first-order valence-corrected chi connectivity index (χ1v) is 12.0. The second-order valence-electron chi connectivity index (χ2n) is 7.42. The van der Waals surface area contributed by atoms with Crippen molar-refractivity contribution < 1.29 is 14.3 Å². The Bertz CT molecular complexity index is 1160. The molecule has 0 aliphatic rings. The summed E-state index contributed by atoms with van der Waals surface area (Å²) in [4.78, 5) is 33.0. The SMILES string of the molecule is COC(=O)CCCS/C(=N/c1cccc2cccnc12)NC(C)NC(=O)/C=C/c1ccccc1. The van der Waals surface area contributed by atoms with Crippen molar-refractivity contribution in [3.63, 3.8) is 0 Å². The van der Waals surface area contributed by atoms with Gasteiger partial charge in [-0.1, -0.05) is 60.3 Å². The molecule has 1 aromatic heterocycles. The summed E-state index contributed by atoms with van der Waals surface area (Å²) in [6, 6.07) is 19.3. The van der Waals surface area contributed by atoms with Gasteiger partial charge in [0.2, 0.25) is 5.91 Å². The zero-order chi connectivity index (χ0) is 24.2. The number of esters is 1. The van der Waals surface area contributed by atoms with Gasteiger partial charge in [0, 0.05) is 29.8 Å². The van der Waals surface area contributed by atoms with E-state index < -0.39 is 0 Å². The summed E-state index contributed by atoms with van der Waals surface area (Å²) < 4.78 is 4.71. The molecule has 0 saturated heterocycles. The van der Waals surface area contributed by atoms with E-state index in [0.29, 0.717) is 23.8 Å². The third-order valence-electron chi connectivity index (χ3n) is 4.75. The van der Waals surface area contributed by atoms with Crippen LogP contribution in [0.15, 0.2) is 77.9 Å². The molecule has 8 heteroatoms. The number of nitrogens with one attached hydrogen (secondary N) is 2. The summed E-state index contributed by atoms with van der Waals surface area (Å²) >= 11 is 1.48. The number of amidine groups is 1. The van der Waals surface area contributed by atoms with Gasteiger partial charge in [-0.15, -0.1) is 0 Å². The molecule has 7 nitrogen and oxygen atoms in total. The topological polar surface area (TPSA) is 92.7 Å². The smallest absolute Gasteiger partial charge is 0.305 e. The van der Waals surface area contributed by atoms with Crippen LogP contribution in [0, 0.1) is 0 Å². The minimum atomic E-state index is -0.372. The molecule has 0 spiro atoms. The molecule has 2 aromatic carbocycles. The maximum atomic E-state index is 12.4. The molecule has 3 rings (SSSR count). The lowest BCUT2D eigenvalue weighted by atomic mass is 10.2. The monoisotopic (exact) mass is 476 g/mol. The number of carbonyl (C=O) groups excluding carboxylic acids is 2. The van der Waals surface area contributed by atoms with E-state index >= 15 is 0 Å². The molecule has 34 heavy (non-hydrogen) atoms. The molecular formula is C26H28N4O3S. The van der Waals surface area contributed by atoms with Gasteiger partial charge in [-0.25, -0.2) is 4.99 Å². The number of fused-ring (bicyclic) bond motifs is 1. The molecule has 1 atom stereocenters. The fourth-order valence-electron chi connectivity index (χ4n) is 3.10. The largest absolute Gasteiger partial charge is 0.469 e. The lowest BCUT2D eigenvalue weighted by molar-refractivity contribution is -0.140. The number of carbonyl (C=O) groups is 2. The number of amides is 1. The maximum Gasteiger partial charge on any atom is 0.305 e. The van der Waals surface area contributed by atoms with Gasteiger partial charge in [0.15, 0.2) is 5.17 Å². The van der Waals surface area contributed by atoms with Crippen molar-refractivity contribution in [1.29, 1.82) is 0 Å². The molecule has 1 amide bonds. The number of aliphatic imine (C=N–C) groups is 1. The van der Waals surface area contributed by atoms with Gasteiger partial charge >= 0.3 is 5.97 Å². The molecule has 0 bridgehead atoms. The van der Waals surface area contributed by atoms with Gasteiger partial charge in [0.05, 0.1) is 24.5 Å². The van der Waals surface area contributed by atoms with Gasteiger partial charge in [-0.05, 0) is 37.1 Å². The van der Waals surface area contributed by atoms with Crippen LogP contribution in [0.1, 0.15) is 25.3 Å². The predicted octanol–water partition coefficient (Wildman–Crippen LogP) is 4.67. The Morgan fingerprint density at radius 3 is 2.68 bits per heavy atom. The number of aromatic nitrogens is 1. The Morgan fingerprint density at radius 2 is 1.88 bits per heavy atom. The van der Waals surface area contributed by atoms with Crippen molar-refractivity contribution in [3.8, 4) is 0 Å². The van der Waals surface area contributed by atoms with Crippen molar-refractivity contribution in [3.05, 3.63) is 78.5 Å². The van der Waals surface area contributed by atoms with Crippen LogP contribution in [0.4, 0.5) is 5.69 Å². The van der Waals surface area contributed by atoms with Crippen LogP contribution >= 0.6 is 11.8 Å². The zero-order valence-corrected chi connectivity index (χ0v) is 20.0. The number of hydrogen-bond donors (Lipinski definition) is 2. The van der Waals surface area contributed by atoms with Crippen LogP contribution in [0.3, 0.4) is 0 Å². The number of pyridine rings is 1. The third-order valence-corrected chi connectivity index (χ3v) is 5.73. The highest BCUT2D eigenvalue weighted by Gasteiger charge is 2.11. The fourth-order valence-corrected chi connectivity index (χ4v) is 4.01. The average Bonchev–Trinajstić information content (AvgIpc) is 2.86. The summed E-state index contributed by atoms with van der Waals surface area (Å²) in [6.45, 7) is 1.85. The number of thioether (sulfide) groups is 1. The summed E-state index contributed by atoms with van der Waals surface area (Å²) in [5, 5.41) is 7.78. The first-order chi connectivity index (χ1) is 16.5. The van der Waals surface area contributed by atoms with Gasteiger partial charge in [0.25, 0.3) is 0 Å². The first kappa shape index (κ1) is 25.0. The summed E-state index contributed by atoms with van der Waals surface area (Å²) in [5.41, 5.74) is 2.47. The molecule has 0 fully saturated rings. The lowest BCUT2D eigenvalue weighted by Crippen LogP contribution is -2.44. The minimum Gasteiger partial charge on any atom is -0.469 e. The van der Waals surface area contributed by atoms with Crippen molar-refractivity contribution >= 4 is 51.5 Å². The summed E-state index contributed by atoms with van der Waals surface area (Å²) in [7, 11) is 1.38. The van der Waals surface area contributed by atoms with E-state index in [1.807, 2.05) is 67.6 Å². The van der Waals surface area contributed by atoms with Gasteiger partial charge in [0.1, 0.15) is 0 Å². The average molecular weight is 477 g/mol. The Balaban J connectivity index is 1.69. The molecule has 0 aliphatic heterocycles. The Kier molecular flexibility index (Phi) is 9.66. The number of methoxy groups -OCH3 is 1. The van der Waals surface area contributed by atoms with Crippen molar-refractivity contribution in [2.45, 2.75) is 25.9 Å². The van der Waals surface area contributed by atoms with Gasteiger partial charge < -0.3 is 15.4 Å². The van der Waals surface area contributed by atoms with Crippen LogP contribution in [-0.2, 0) is 14.3 Å². The number of nitrogens with zero attached hydrogens (tertiary/aromatic N) is 2. The van der Waals surface area contributed by atoms with E-state index in [9.17, 15) is 9.59 Å². The molecule has 1 unspecified atom stereocenters. The number of para-hydroxylation sites is 1. The highest BCUT2D eigenvalue weighted by Crippen LogP contribution is 2.25. The van der Waals surface area contributed by atoms with Crippen molar-refractivity contribution in [2.75, 3.05) is 12.9 Å². The van der Waals surface area contributed by atoms with Crippen molar-refractivity contribution in [2.24, 2.45) is 4.99 Å². The van der Waals surface area contributed by atoms with Crippen LogP contribution in [0.2, 0.25) is 0 Å². The van der Waals surface area contributed by atoms with Gasteiger partial charge in [-0.2, -0.15) is 0 Å². The Morgan fingerprint density at radius 1 is 1.09 bits per heavy atom. The molecule has 176 valence electrons. The number of benzene rings is 2. The second kappa shape index (κ2) is 13.2. The second-order valence-corrected chi connectivity index (χ2v) is 8.50. The zero-order valence-electron chi connectivity index (χ0n) is 19.2. The first-order valence-electron chi connectivity index (χ1n) is 11.0. The predicted molar refractivity (Wildman–Crippen MR) is 139 cm³/mol. The van der Waals surface area contributed by atoms with Crippen LogP contribution < -0.4 is 10.6 Å². The molecule has 1 heterocycles. The maximum absolute atomic E-state index is 12.4. The van der Waals surface area contributed by atoms with E-state index in [2.05, 4.69) is 15.6 Å². The van der Waals surface area contributed by atoms with Crippen LogP contribution in [-0.4, -0.2) is 41.1 Å². The lowest BCUT2D eigenvalue weighted by Gasteiger charge is -2.17. The molecule has 0 aliphatic carbocycles. The van der Waals surface area contributed by atoms with Crippen LogP contribution in [0.25, 0.3) is 17.0 Å². The molecular weight excluding hydrogens is 448 g/mol. The number of hydrogen-bond acceptors (Lipinski definition) is 6. The van der Waals surface area contributed by atoms with Crippen molar-refractivity contribution in [1.82, 2.24) is 15.6 Å². The van der Waals surface area contributed by atoms with Crippen LogP contribution in [0.5, 0.6) is 0 Å². The van der Waals surface area contributed by atoms with Gasteiger partial charge in [-0.3, -0.25) is 14.6 Å². The quantitative estimate of drug-likeness (QED) is 0.116. The fraction of sp³-hybridized carbons (Fsp3) is 0.231. The molecule has 0 saturated carbocycles. The standard InChI is InChI=1S/C26H28N4O3S/c1-19(28-23(31)16-15-20-9-4-3-5-10-20)29-26(34-18-8-14-24(32)33-2)30-22-13-6-11-21-12-7-17-27-25(21)22/h3-7,9-13,15-17,19H,8,14,18H2,1-2H3,(H,28,31)(H,29,30)/b16-15+. The Labute approximate surface area is 203 Å². The minimum absolute atomic E-state index is 0.217. The van der Waals surface area contributed by atoms with E-state index in [0.717, 1.165) is 22.2 Å². The summed E-state index contributed by atoms with van der Waals surface area (Å²) in [6.07, 6.45) is 5.61. The van der Waals surface area contributed by atoms with E-state index in [4.69, 9.17) is 9.73 Å². The normalized spacial score (nSPS) is 12.5. The van der Waals surface area contributed by atoms with E-state index in [-0.39, 0.29) is 18.0 Å². The molecule has 2 N–H and O–H groups in total. The Hall–Kier alpha value is -3.65. The number of rotatable bonds is 9. The van der Waals surface area contributed by atoms with E-state index in [1.54, 1.807) is 12.3 Å². The highest BCUT2D eigenvalue weighted by atomic mass is 32.2. The summed E-state index contributed by atoms with van der Waals surface area (Å²) in [5.74, 6) is 0.204. The van der Waals surface area contributed by atoms with E-state index in [1.165, 1.54) is 24.9 Å². The molecule has 0 radical (unpaired) electrons. The molecule has 3 aromatic rings.